The molecule has 6 heteroatoms. The number of halogens is 1. The van der Waals surface area contributed by atoms with Crippen LogP contribution in [-0.2, 0) is 0 Å². The second-order valence-electron chi connectivity index (χ2n) is 3.90. The van der Waals surface area contributed by atoms with E-state index in [0.717, 1.165) is 0 Å². The minimum absolute atomic E-state index is 0.154. The van der Waals surface area contributed by atoms with Crippen LogP contribution in [0.15, 0.2) is 42.5 Å². The number of amides is 2. The van der Waals surface area contributed by atoms with E-state index in [9.17, 15) is 9.90 Å². The summed E-state index contributed by atoms with van der Waals surface area (Å²) in [7, 11) is 0. The lowest BCUT2D eigenvalue weighted by Gasteiger charge is -2.09. The number of hydrogen-bond donors (Lipinski definition) is 3. The van der Waals surface area contributed by atoms with E-state index in [1.807, 2.05) is 6.07 Å². The van der Waals surface area contributed by atoms with Gasteiger partial charge in [-0.1, -0.05) is 17.7 Å². The molecule has 0 aliphatic heterocycles. The first-order chi connectivity index (χ1) is 9.60. The van der Waals surface area contributed by atoms with Gasteiger partial charge < -0.3 is 15.7 Å². The molecule has 0 atom stereocenters. The van der Waals surface area contributed by atoms with Gasteiger partial charge in [-0.2, -0.15) is 5.26 Å². The molecule has 2 aromatic carbocycles. The van der Waals surface area contributed by atoms with Crippen LogP contribution in [0.1, 0.15) is 5.56 Å². The Kier molecular flexibility index (Phi) is 4.08. The van der Waals surface area contributed by atoms with Gasteiger partial charge in [-0.15, -0.1) is 0 Å². The number of rotatable bonds is 2. The van der Waals surface area contributed by atoms with Crippen LogP contribution in [0.3, 0.4) is 0 Å². The molecule has 0 spiro atoms. The van der Waals surface area contributed by atoms with Crippen LogP contribution in [0.2, 0.25) is 5.02 Å². The number of aromatic hydroxyl groups is 1. The van der Waals surface area contributed by atoms with Gasteiger partial charge in [0.2, 0.25) is 0 Å². The van der Waals surface area contributed by atoms with Crippen LogP contribution in [0.5, 0.6) is 5.75 Å². The van der Waals surface area contributed by atoms with Crippen LogP contribution in [0, 0.1) is 11.3 Å². The first kappa shape index (κ1) is 13.7. The van der Waals surface area contributed by atoms with Crippen molar-refractivity contribution in [3.63, 3.8) is 0 Å². The summed E-state index contributed by atoms with van der Waals surface area (Å²) in [5.74, 6) is -0.191. The normalized spacial score (nSPS) is 9.60. The number of urea groups is 1. The molecule has 0 aliphatic rings. The highest BCUT2D eigenvalue weighted by atomic mass is 35.5. The van der Waals surface area contributed by atoms with Crippen molar-refractivity contribution in [3.05, 3.63) is 53.1 Å². The third-order valence-electron chi connectivity index (χ3n) is 2.51. The lowest BCUT2D eigenvalue weighted by atomic mass is 10.2. The predicted molar refractivity (Wildman–Crippen MR) is 76.9 cm³/mol. The smallest absolute Gasteiger partial charge is 0.323 e. The molecule has 5 nitrogen and oxygen atoms in total. The van der Waals surface area contributed by atoms with Gasteiger partial charge in [0.25, 0.3) is 0 Å². The lowest BCUT2D eigenvalue weighted by molar-refractivity contribution is 0.262. The van der Waals surface area contributed by atoms with Crippen molar-refractivity contribution < 1.29 is 9.90 Å². The first-order valence-electron chi connectivity index (χ1n) is 5.66. The van der Waals surface area contributed by atoms with Crippen molar-refractivity contribution in [2.45, 2.75) is 0 Å². The largest absolute Gasteiger partial charge is 0.504 e. The third-order valence-corrected chi connectivity index (χ3v) is 2.81. The number of nitrogens with zero attached hydrogens (tertiary/aromatic N) is 1. The number of para-hydroxylation sites is 1. The minimum atomic E-state index is -0.521. The van der Waals surface area contributed by atoms with E-state index in [0.29, 0.717) is 11.3 Å². The molecule has 0 heterocycles. The number of benzene rings is 2. The van der Waals surface area contributed by atoms with Crippen LogP contribution in [0.25, 0.3) is 0 Å². The highest BCUT2D eigenvalue weighted by molar-refractivity contribution is 6.32. The predicted octanol–water partition coefficient (Wildman–Crippen LogP) is 3.56. The number of nitriles is 1. The van der Waals surface area contributed by atoms with Crippen molar-refractivity contribution in [2.75, 3.05) is 10.6 Å². The third kappa shape index (κ3) is 3.19. The fourth-order valence-electron chi connectivity index (χ4n) is 1.53. The molecule has 0 bridgehead atoms. The molecule has 0 aromatic heterocycles. The van der Waals surface area contributed by atoms with Gasteiger partial charge >= 0.3 is 6.03 Å². The molecule has 2 aromatic rings. The number of nitrogens with one attached hydrogen (secondary N) is 2. The van der Waals surface area contributed by atoms with E-state index >= 15 is 0 Å². The highest BCUT2D eigenvalue weighted by Crippen LogP contribution is 2.31. The fourth-order valence-corrected chi connectivity index (χ4v) is 1.70. The minimum Gasteiger partial charge on any atom is -0.504 e. The zero-order chi connectivity index (χ0) is 14.5. The monoisotopic (exact) mass is 287 g/mol. The molecule has 0 radical (unpaired) electrons. The zero-order valence-electron chi connectivity index (χ0n) is 10.2. The Labute approximate surface area is 120 Å². The molecule has 20 heavy (non-hydrogen) atoms. The number of carbonyl (C=O) groups is 1. The molecule has 0 saturated carbocycles. The Bertz CT molecular complexity index is 678. The Morgan fingerprint density at radius 2 is 1.85 bits per heavy atom. The molecular formula is C14H10ClN3O2. The Balaban J connectivity index is 2.05. The molecular weight excluding hydrogens is 278 g/mol. The number of anilines is 2. The van der Waals surface area contributed by atoms with Gasteiger partial charge in [0.05, 0.1) is 22.3 Å². The molecule has 0 saturated heterocycles. The quantitative estimate of drug-likeness (QED) is 0.738. The topological polar surface area (TPSA) is 85.2 Å². The fraction of sp³-hybridized carbons (Fsp3) is 0. The molecule has 2 rings (SSSR count). The second kappa shape index (κ2) is 5.95. The number of phenols is 1. The van der Waals surface area contributed by atoms with Crippen molar-refractivity contribution in [3.8, 4) is 11.8 Å². The summed E-state index contributed by atoms with van der Waals surface area (Å²) in [6.45, 7) is 0. The van der Waals surface area contributed by atoms with E-state index in [2.05, 4.69) is 10.6 Å². The molecule has 0 aliphatic carbocycles. The summed E-state index contributed by atoms with van der Waals surface area (Å²) in [5.41, 5.74) is 1.25. The van der Waals surface area contributed by atoms with Crippen molar-refractivity contribution in [2.24, 2.45) is 0 Å². The maximum Gasteiger partial charge on any atom is 0.323 e. The number of phenolic OH excluding ortho intramolecular Hbond substituents is 1. The lowest BCUT2D eigenvalue weighted by Crippen LogP contribution is -2.19. The number of carbonyl (C=O) groups excluding carboxylic acids is 1. The second-order valence-corrected chi connectivity index (χ2v) is 4.31. The van der Waals surface area contributed by atoms with E-state index in [-0.39, 0.29) is 16.5 Å². The van der Waals surface area contributed by atoms with Gasteiger partial charge in [0.1, 0.15) is 0 Å². The van der Waals surface area contributed by atoms with Crippen LogP contribution in [0.4, 0.5) is 16.2 Å². The van der Waals surface area contributed by atoms with Gasteiger partial charge in [0.15, 0.2) is 5.75 Å². The summed E-state index contributed by atoms with van der Waals surface area (Å²) in [5, 5.41) is 23.5. The average Bonchev–Trinajstić information content (AvgIpc) is 2.45. The molecule has 100 valence electrons. The Morgan fingerprint density at radius 3 is 2.50 bits per heavy atom. The van der Waals surface area contributed by atoms with Gasteiger partial charge in [-0.25, -0.2) is 4.79 Å². The summed E-state index contributed by atoms with van der Waals surface area (Å²) < 4.78 is 0. The average molecular weight is 288 g/mol. The van der Waals surface area contributed by atoms with Gasteiger partial charge in [-0.05, 0) is 36.4 Å². The van der Waals surface area contributed by atoms with Crippen molar-refractivity contribution >= 4 is 29.0 Å². The van der Waals surface area contributed by atoms with E-state index in [4.69, 9.17) is 16.9 Å². The summed E-state index contributed by atoms with van der Waals surface area (Å²) in [6.07, 6.45) is 0. The summed E-state index contributed by atoms with van der Waals surface area (Å²) in [6, 6.07) is 12.5. The maximum atomic E-state index is 11.8. The van der Waals surface area contributed by atoms with Crippen molar-refractivity contribution in [1.29, 1.82) is 5.26 Å². The molecule has 2 amide bonds. The first-order valence-corrected chi connectivity index (χ1v) is 6.03. The molecule has 3 N–H and O–H groups in total. The van der Waals surface area contributed by atoms with E-state index in [1.165, 1.54) is 12.1 Å². The molecule has 0 fully saturated rings. The van der Waals surface area contributed by atoms with Crippen LogP contribution < -0.4 is 10.6 Å². The van der Waals surface area contributed by atoms with E-state index < -0.39 is 6.03 Å². The highest BCUT2D eigenvalue weighted by Gasteiger charge is 2.08. The van der Waals surface area contributed by atoms with Gasteiger partial charge in [-0.3, -0.25) is 0 Å². The van der Waals surface area contributed by atoms with Crippen LogP contribution >= 0.6 is 11.6 Å². The van der Waals surface area contributed by atoms with Crippen LogP contribution in [-0.4, -0.2) is 11.1 Å². The number of hydrogen-bond acceptors (Lipinski definition) is 3. The van der Waals surface area contributed by atoms with E-state index in [1.54, 1.807) is 30.3 Å². The summed E-state index contributed by atoms with van der Waals surface area (Å²) >= 11 is 5.74. The van der Waals surface area contributed by atoms with Gasteiger partial charge in [0, 0.05) is 5.69 Å². The maximum absolute atomic E-state index is 11.8. The Morgan fingerprint density at radius 1 is 1.15 bits per heavy atom. The molecule has 0 unspecified atom stereocenters. The Hall–Kier alpha value is -2.71. The standard InChI is InChI=1S/C14H10ClN3O2/c15-11-2-1-3-12(13(11)19)18-14(20)17-10-6-4-9(8-16)5-7-10/h1-7,19H,(H2,17,18,20). The van der Waals surface area contributed by atoms with Crippen molar-refractivity contribution in [1.82, 2.24) is 0 Å². The zero-order valence-corrected chi connectivity index (χ0v) is 11.0. The summed E-state index contributed by atoms with van der Waals surface area (Å²) in [4.78, 5) is 11.8. The SMILES string of the molecule is N#Cc1ccc(NC(=O)Nc2cccc(Cl)c2O)cc1.